The maximum Gasteiger partial charge on any atom is 0.248 e. The molecule has 6 heteroatoms. The summed E-state index contributed by atoms with van der Waals surface area (Å²) in [6.45, 7) is 1.82. The van der Waals surface area contributed by atoms with Crippen LogP contribution in [-0.2, 0) is 4.79 Å². The lowest BCUT2D eigenvalue weighted by Crippen LogP contribution is -2.09. The first-order chi connectivity index (χ1) is 12.0. The minimum atomic E-state index is -0.490. The van der Waals surface area contributed by atoms with Gasteiger partial charge >= 0.3 is 0 Å². The Morgan fingerprint density at radius 1 is 1.00 bits per heavy atom. The van der Waals surface area contributed by atoms with Crippen molar-refractivity contribution in [2.24, 2.45) is 0 Å². The van der Waals surface area contributed by atoms with Crippen molar-refractivity contribution in [2.45, 2.75) is 6.92 Å². The number of carbonyl (C=O) groups excluding carboxylic acids is 1. The Morgan fingerprint density at radius 2 is 1.64 bits per heavy atom. The minimum absolute atomic E-state index is 0.133. The van der Waals surface area contributed by atoms with E-state index in [1.807, 2.05) is 6.92 Å². The number of halogens is 1. The number of nitrogens with one attached hydrogen (secondary N) is 1. The standard InChI is InChI=1S/C19H20FNO4/c1-12-5-7-14(20)15(9-12)21-19(22)8-6-13-10-17(24-3)18(25-4)11-16(13)23-2/h5-11H,1-4H3,(H,21,22)/b8-6+. The van der Waals surface area contributed by atoms with Crippen molar-refractivity contribution in [1.82, 2.24) is 0 Å². The summed E-state index contributed by atoms with van der Waals surface area (Å²) in [5.74, 6) is 0.594. The fourth-order valence-corrected chi connectivity index (χ4v) is 2.26. The fourth-order valence-electron chi connectivity index (χ4n) is 2.26. The molecule has 132 valence electrons. The van der Waals surface area contributed by atoms with Gasteiger partial charge in [-0.05, 0) is 36.8 Å². The number of hydrogen-bond donors (Lipinski definition) is 1. The first kappa shape index (κ1) is 18.3. The van der Waals surface area contributed by atoms with Gasteiger partial charge in [0.05, 0.1) is 27.0 Å². The Balaban J connectivity index is 2.23. The van der Waals surface area contributed by atoms with Crippen LogP contribution in [0.2, 0.25) is 0 Å². The summed E-state index contributed by atoms with van der Waals surface area (Å²) in [4.78, 5) is 12.1. The molecule has 0 atom stereocenters. The van der Waals surface area contributed by atoms with Crippen molar-refractivity contribution in [3.8, 4) is 17.2 Å². The summed E-state index contributed by atoms with van der Waals surface area (Å²) in [6, 6.07) is 7.87. The van der Waals surface area contributed by atoms with Gasteiger partial charge in [-0.25, -0.2) is 4.39 Å². The Hall–Kier alpha value is -3.02. The van der Waals surface area contributed by atoms with E-state index in [0.717, 1.165) is 5.56 Å². The van der Waals surface area contributed by atoms with Gasteiger partial charge in [0, 0.05) is 17.7 Å². The largest absolute Gasteiger partial charge is 0.496 e. The molecule has 2 aromatic carbocycles. The molecule has 25 heavy (non-hydrogen) atoms. The molecule has 0 saturated heterocycles. The molecule has 0 saturated carbocycles. The zero-order valence-corrected chi connectivity index (χ0v) is 14.6. The second-order valence-corrected chi connectivity index (χ2v) is 5.26. The Labute approximate surface area is 146 Å². The van der Waals surface area contributed by atoms with Crippen LogP contribution in [0.15, 0.2) is 36.4 Å². The van der Waals surface area contributed by atoms with Gasteiger partial charge in [0.1, 0.15) is 11.6 Å². The highest BCUT2D eigenvalue weighted by Crippen LogP contribution is 2.35. The van der Waals surface area contributed by atoms with E-state index in [9.17, 15) is 9.18 Å². The monoisotopic (exact) mass is 345 g/mol. The van der Waals surface area contributed by atoms with Crippen molar-refractivity contribution in [2.75, 3.05) is 26.6 Å². The molecule has 0 aromatic heterocycles. The van der Waals surface area contributed by atoms with Crippen molar-refractivity contribution < 1.29 is 23.4 Å². The molecule has 0 heterocycles. The maximum atomic E-state index is 13.7. The van der Waals surface area contributed by atoms with Crippen LogP contribution < -0.4 is 19.5 Å². The lowest BCUT2D eigenvalue weighted by molar-refractivity contribution is -0.111. The van der Waals surface area contributed by atoms with Crippen LogP contribution in [0.4, 0.5) is 10.1 Å². The molecule has 0 aliphatic rings. The predicted octanol–water partition coefficient (Wildman–Crippen LogP) is 3.81. The third-order valence-corrected chi connectivity index (χ3v) is 3.53. The molecule has 2 rings (SSSR count). The van der Waals surface area contributed by atoms with E-state index in [1.165, 1.54) is 33.5 Å². The van der Waals surface area contributed by atoms with Crippen LogP contribution >= 0.6 is 0 Å². The smallest absolute Gasteiger partial charge is 0.248 e. The number of anilines is 1. The average Bonchev–Trinajstić information content (AvgIpc) is 2.62. The molecule has 2 aromatic rings. The van der Waals surface area contributed by atoms with E-state index in [4.69, 9.17) is 14.2 Å². The van der Waals surface area contributed by atoms with E-state index in [1.54, 1.807) is 30.3 Å². The normalized spacial score (nSPS) is 10.6. The number of methoxy groups -OCH3 is 3. The Morgan fingerprint density at radius 3 is 2.28 bits per heavy atom. The lowest BCUT2D eigenvalue weighted by atomic mass is 10.1. The van der Waals surface area contributed by atoms with Gasteiger partial charge in [0.2, 0.25) is 5.91 Å². The highest BCUT2D eigenvalue weighted by molar-refractivity contribution is 6.02. The molecule has 5 nitrogen and oxygen atoms in total. The molecule has 0 aliphatic carbocycles. The third kappa shape index (κ3) is 4.50. The number of amides is 1. The number of benzene rings is 2. The van der Waals surface area contributed by atoms with Crippen LogP contribution in [-0.4, -0.2) is 27.2 Å². The number of ether oxygens (including phenoxy) is 3. The molecule has 0 fully saturated rings. The van der Waals surface area contributed by atoms with Crippen LogP contribution in [0, 0.1) is 12.7 Å². The van der Waals surface area contributed by atoms with E-state index >= 15 is 0 Å². The van der Waals surface area contributed by atoms with Crippen LogP contribution in [0.1, 0.15) is 11.1 Å². The first-order valence-corrected chi connectivity index (χ1v) is 7.53. The Bertz CT molecular complexity index is 802. The van der Waals surface area contributed by atoms with Gasteiger partial charge in [-0.2, -0.15) is 0 Å². The van der Waals surface area contributed by atoms with Crippen molar-refractivity contribution in [1.29, 1.82) is 0 Å². The van der Waals surface area contributed by atoms with E-state index in [-0.39, 0.29) is 5.69 Å². The van der Waals surface area contributed by atoms with Crippen molar-refractivity contribution in [3.63, 3.8) is 0 Å². The van der Waals surface area contributed by atoms with Crippen molar-refractivity contribution >= 4 is 17.7 Å². The SMILES string of the molecule is COc1cc(OC)c(OC)cc1/C=C/C(=O)Nc1cc(C)ccc1F. The lowest BCUT2D eigenvalue weighted by Gasteiger charge is -2.12. The summed E-state index contributed by atoms with van der Waals surface area (Å²) in [5.41, 5.74) is 1.61. The summed E-state index contributed by atoms with van der Waals surface area (Å²) in [5, 5.41) is 2.51. The molecule has 0 bridgehead atoms. The van der Waals surface area contributed by atoms with Crippen LogP contribution in [0.3, 0.4) is 0 Å². The molecule has 0 aliphatic heterocycles. The highest BCUT2D eigenvalue weighted by Gasteiger charge is 2.11. The Kier molecular flexibility index (Phi) is 6.00. The fraction of sp³-hybridized carbons (Fsp3) is 0.211. The number of aryl methyl sites for hydroxylation is 1. The second kappa shape index (κ2) is 8.19. The van der Waals surface area contributed by atoms with Crippen molar-refractivity contribution in [3.05, 3.63) is 53.4 Å². The maximum absolute atomic E-state index is 13.7. The molecule has 0 spiro atoms. The summed E-state index contributed by atoms with van der Waals surface area (Å²) < 4.78 is 29.5. The van der Waals surface area contributed by atoms with Gasteiger partial charge in [0.15, 0.2) is 11.5 Å². The molecular weight excluding hydrogens is 325 g/mol. The second-order valence-electron chi connectivity index (χ2n) is 5.26. The number of rotatable bonds is 6. The van der Waals surface area contributed by atoms with Gasteiger partial charge in [-0.3, -0.25) is 4.79 Å². The number of carbonyl (C=O) groups is 1. The molecule has 1 amide bonds. The predicted molar refractivity (Wildman–Crippen MR) is 94.9 cm³/mol. The van der Waals surface area contributed by atoms with Gasteiger partial charge < -0.3 is 19.5 Å². The average molecular weight is 345 g/mol. The topological polar surface area (TPSA) is 56.8 Å². The van der Waals surface area contributed by atoms with E-state index in [0.29, 0.717) is 22.8 Å². The molecule has 0 radical (unpaired) electrons. The van der Waals surface area contributed by atoms with Gasteiger partial charge in [-0.1, -0.05) is 6.07 Å². The van der Waals surface area contributed by atoms with Gasteiger partial charge in [-0.15, -0.1) is 0 Å². The highest BCUT2D eigenvalue weighted by atomic mass is 19.1. The molecular formula is C19H20FNO4. The van der Waals surface area contributed by atoms with Crippen LogP contribution in [0.25, 0.3) is 6.08 Å². The van der Waals surface area contributed by atoms with E-state index in [2.05, 4.69) is 5.32 Å². The third-order valence-electron chi connectivity index (χ3n) is 3.53. The summed E-state index contributed by atoms with van der Waals surface area (Å²) >= 11 is 0. The summed E-state index contributed by atoms with van der Waals surface area (Å²) in [7, 11) is 4.56. The minimum Gasteiger partial charge on any atom is -0.496 e. The zero-order chi connectivity index (χ0) is 18.4. The number of hydrogen-bond acceptors (Lipinski definition) is 4. The zero-order valence-electron chi connectivity index (χ0n) is 14.6. The van der Waals surface area contributed by atoms with E-state index < -0.39 is 11.7 Å². The quantitative estimate of drug-likeness (QED) is 0.809. The first-order valence-electron chi connectivity index (χ1n) is 7.53. The molecule has 1 N–H and O–H groups in total. The van der Waals surface area contributed by atoms with Gasteiger partial charge in [0.25, 0.3) is 0 Å². The summed E-state index contributed by atoms with van der Waals surface area (Å²) in [6.07, 6.45) is 2.86. The molecule has 0 unspecified atom stereocenters. The van der Waals surface area contributed by atoms with Crippen LogP contribution in [0.5, 0.6) is 17.2 Å².